The molecular weight excluding hydrogens is 285 g/mol. The summed E-state index contributed by atoms with van der Waals surface area (Å²) in [5.41, 5.74) is 0.547. The van der Waals surface area contributed by atoms with Crippen molar-refractivity contribution in [3.8, 4) is 0 Å². The lowest BCUT2D eigenvalue weighted by Crippen LogP contribution is -2.65. The molecule has 0 saturated carbocycles. The van der Waals surface area contributed by atoms with Crippen molar-refractivity contribution in [3.63, 3.8) is 0 Å². The minimum absolute atomic E-state index is 0.0296. The molecule has 0 N–H and O–H groups in total. The first kappa shape index (κ1) is 15.2. The molecule has 4 nitrogen and oxygen atoms in total. The normalized spacial score (nSPS) is 30.1. The second-order valence-electron chi connectivity index (χ2n) is 6.54. The van der Waals surface area contributed by atoms with E-state index in [1.54, 1.807) is 0 Å². The molecule has 2 bridgehead atoms. The fraction of sp³-hybridized carbons (Fsp3) is 0.529. The maximum atomic E-state index is 13.0. The fourth-order valence-corrected chi connectivity index (χ4v) is 3.82. The summed E-state index contributed by atoms with van der Waals surface area (Å²) in [6.07, 6.45) is 1.92. The number of hydrogen-bond donors (Lipinski definition) is 0. The molecule has 22 heavy (non-hydrogen) atoms. The molecule has 3 heterocycles. The second kappa shape index (κ2) is 5.80. The van der Waals surface area contributed by atoms with Crippen LogP contribution in [0.5, 0.6) is 0 Å². The predicted octanol–water partition coefficient (Wildman–Crippen LogP) is 2.18. The van der Waals surface area contributed by atoms with Crippen LogP contribution in [0, 0.1) is 11.7 Å². The summed E-state index contributed by atoms with van der Waals surface area (Å²) in [6, 6.07) is 5.71. The van der Waals surface area contributed by atoms with E-state index in [-0.39, 0.29) is 23.7 Å². The van der Waals surface area contributed by atoms with Gasteiger partial charge in [-0.2, -0.15) is 0 Å². The number of esters is 1. The van der Waals surface area contributed by atoms with Crippen molar-refractivity contribution in [2.45, 2.75) is 25.9 Å². The van der Waals surface area contributed by atoms with Crippen LogP contribution < -0.4 is 0 Å². The van der Waals surface area contributed by atoms with Crippen LogP contribution in [0.15, 0.2) is 24.3 Å². The highest BCUT2D eigenvalue weighted by molar-refractivity contribution is 5.97. The minimum atomic E-state index is -0.336. The van der Waals surface area contributed by atoms with Gasteiger partial charge < -0.3 is 9.22 Å². The molecule has 1 atom stereocenters. The monoisotopic (exact) mass is 306 g/mol. The summed E-state index contributed by atoms with van der Waals surface area (Å²) in [5, 5.41) is 0. The Labute approximate surface area is 129 Å². The van der Waals surface area contributed by atoms with Crippen molar-refractivity contribution in [1.82, 2.24) is 0 Å². The Morgan fingerprint density at radius 2 is 1.86 bits per heavy atom. The van der Waals surface area contributed by atoms with Crippen molar-refractivity contribution in [1.29, 1.82) is 0 Å². The molecule has 1 aromatic carbocycles. The summed E-state index contributed by atoms with van der Waals surface area (Å²) >= 11 is 0. The van der Waals surface area contributed by atoms with Crippen LogP contribution >= 0.6 is 0 Å². The Morgan fingerprint density at radius 1 is 1.23 bits per heavy atom. The van der Waals surface area contributed by atoms with E-state index in [1.807, 2.05) is 0 Å². The lowest BCUT2D eigenvalue weighted by atomic mass is 9.83. The number of hydrogen-bond acceptors (Lipinski definition) is 3. The lowest BCUT2D eigenvalue weighted by molar-refractivity contribution is -0.938. The van der Waals surface area contributed by atoms with Crippen molar-refractivity contribution < 1.29 is 23.2 Å². The third-order valence-corrected chi connectivity index (χ3v) is 5.00. The van der Waals surface area contributed by atoms with E-state index >= 15 is 0 Å². The second-order valence-corrected chi connectivity index (χ2v) is 6.54. The molecule has 3 fully saturated rings. The largest absolute Gasteiger partial charge is 0.456 e. The van der Waals surface area contributed by atoms with Gasteiger partial charge in [-0.1, -0.05) is 0 Å². The Kier molecular flexibility index (Phi) is 4.00. The van der Waals surface area contributed by atoms with Gasteiger partial charge in [0.05, 0.1) is 13.1 Å². The number of nitrogens with zero attached hydrogens (tertiary/aromatic N) is 1. The van der Waals surface area contributed by atoms with Crippen LogP contribution in [0.1, 0.15) is 30.1 Å². The van der Waals surface area contributed by atoms with Crippen LogP contribution in [0.4, 0.5) is 4.39 Å². The summed E-state index contributed by atoms with van der Waals surface area (Å²) in [7, 11) is 0. The first-order valence-electron chi connectivity index (χ1n) is 7.78. The van der Waals surface area contributed by atoms with Crippen molar-refractivity contribution >= 4 is 11.8 Å². The first-order valence-corrected chi connectivity index (χ1v) is 7.78. The van der Waals surface area contributed by atoms with Gasteiger partial charge in [-0.05, 0) is 24.3 Å². The molecule has 0 spiro atoms. The van der Waals surface area contributed by atoms with Crippen molar-refractivity contribution in [3.05, 3.63) is 35.6 Å². The zero-order chi connectivity index (χ0) is 15.7. The molecule has 0 unspecified atom stereocenters. The molecule has 118 valence electrons. The van der Waals surface area contributed by atoms with Crippen LogP contribution in [0.2, 0.25) is 0 Å². The van der Waals surface area contributed by atoms with E-state index in [9.17, 15) is 14.0 Å². The van der Waals surface area contributed by atoms with Crippen LogP contribution in [0.3, 0.4) is 0 Å². The van der Waals surface area contributed by atoms with Gasteiger partial charge in [0.1, 0.15) is 18.9 Å². The molecule has 3 saturated heterocycles. The van der Waals surface area contributed by atoms with E-state index < -0.39 is 0 Å². The first-order chi connectivity index (χ1) is 10.5. The number of quaternary nitrogens is 1. The maximum absolute atomic E-state index is 13.0. The number of piperidine rings is 3. The zero-order valence-electron chi connectivity index (χ0n) is 12.8. The standard InChI is InChI=1S/C17H21FNO3/c1-12(20)22-17-11-19(8-6-14(17)7-9-19)10-16(21)13-2-4-15(18)5-3-13/h2-5,14,17H,6-11H2,1H3/q+1/t14?,17-,19?/m0/s1. The Morgan fingerprint density at radius 3 is 2.45 bits per heavy atom. The Balaban J connectivity index is 1.71. The molecule has 3 aliphatic heterocycles. The van der Waals surface area contributed by atoms with Gasteiger partial charge in [0.25, 0.3) is 0 Å². The van der Waals surface area contributed by atoms with Gasteiger partial charge in [0.2, 0.25) is 5.78 Å². The SMILES string of the molecule is CC(=O)O[C@H]1C[N+]2(CC(=O)c3ccc(F)cc3)CCC1CC2. The number of halogens is 1. The number of rotatable bonds is 4. The number of fused-ring (bicyclic) bond motifs is 3. The predicted molar refractivity (Wildman–Crippen MR) is 78.7 cm³/mol. The molecule has 3 aliphatic rings. The average molecular weight is 306 g/mol. The molecule has 0 aromatic heterocycles. The molecule has 5 heteroatoms. The summed E-state index contributed by atoms with van der Waals surface area (Å²) in [4.78, 5) is 23.7. The van der Waals surface area contributed by atoms with E-state index in [0.29, 0.717) is 22.5 Å². The van der Waals surface area contributed by atoms with E-state index in [2.05, 4.69) is 0 Å². The van der Waals surface area contributed by atoms with E-state index in [1.165, 1.54) is 31.2 Å². The Hall–Kier alpha value is -1.75. The number of carbonyl (C=O) groups is 2. The van der Waals surface area contributed by atoms with Crippen molar-refractivity contribution in [2.24, 2.45) is 5.92 Å². The number of ether oxygens (including phenoxy) is 1. The third kappa shape index (κ3) is 3.04. The van der Waals surface area contributed by atoms with Crippen LogP contribution in [-0.4, -0.2) is 48.5 Å². The maximum Gasteiger partial charge on any atom is 0.303 e. The number of benzene rings is 1. The fourth-order valence-electron chi connectivity index (χ4n) is 3.82. The van der Waals surface area contributed by atoms with E-state index in [4.69, 9.17) is 4.74 Å². The number of Topliss-reactive ketones (excluding diaryl/α,β-unsaturated/α-hetero) is 1. The molecule has 0 aliphatic carbocycles. The van der Waals surface area contributed by atoms with Gasteiger partial charge in [0, 0.05) is 31.2 Å². The molecule has 0 amide bonds. The smallest absolute Gasteiger partial charge is 0.303 e. The van der Waals surface area contributed by atoms with Crippen LogP contribution in [-0.2, 0) is 9.53 Å². The Bertz CT molecular complexity index is 576. The van der Waals surface area contributed by atoms with Crippen LogP contribution in [0.25, 0.3) is 0 Å². The number of carbonyl (C=O) groups excluding carboxylic acids is 2. The summed E-state index contributed by atoms with van der Waals surface area (Å²) in [6.45, 7) is 4.46. The zero-order valence-corrected chi connectivity index (χ0v) is 12.8. The molecular formula is C17H21FNO3+. The lowest BCUT2D eigenvalue weighted by Gasteiger charge is -2.51. The van der Waals surface area contributed by atoms with Gasteiger partial charge in [-0.3, -0.25) is 9.59 Å². The highest BCUT2D eigenvalue weighted by Crippen LogP contribution is 2.35. The molecule has 4 rings (SSSR count). The van der Waals surface area contributed by atoms with Gasteiger partial charge >= 0.3 is 5.97 Å². The average Bonchev–Trinajstić information content (AvgIpc) is 2.48. The minimum Gasteiger partial charge on any atom is -0.456 e. The number of ketones is 1. The van der Waals surface area contributed by atoms with Gasteiger partial charge in [0.15, 0.2) is 6.10 Å². The highest BCUT2D eigenvalue weighted by atomic mass is 19.1. The third-order valence-electron chi connectivity index (χ3n) is 5.00. The summed E-state index contributed by atoms with van der Waals surface area (Å²) in [5.74, 6) is -0.120. The quantitative estimate of drug-likeness (QED) is 0.486. The van der Waals surface area contributed by atoms with Gasteiger partial charge in [-0.25, -0.2) is 4.39 Å². The van der Waals surface area contributed by atoms with Gasteiger partial charge in [-0.15, -0.1) is 0 Å². The highest BCUT2D eigenvalue weighted by Gasteiger charge is 2.48. The van der Waals surface area contributed by atoms with Crippen molar-refractivity contribution in [2.75, 3.05) is 26.2 Å². The van der Waals surface area contributed by atoms with E-state index in [0.717, 1.165) is 32.5 Å². The molecule has 1 aromatic rings. The topological polar surface area (TPSA) is 43.4 Å². The molecule has 0 radical (unpaired) electrons. The summed E-state index contributed by atoms with van der Waals surface area (Å²) < 4.78 is 19.1.